The zero-order valence-electron chi connectivity index (χ0n) is 16.4. The number of hydrogen-bond acceptors (Lipinski definition) is 5. The van der Waals surface area contributed by atoms with E-state index in [2.05, 4.69) is 0 Å². The molecule has 0 fully saturated rings. The molecule has 6 nitrogen and oxygen atoms in total. The summed E-state index contributed by atoms with van der Waals surface area (Å²) >= 11 is 5.80. The van der Waals surface area contributed by atoms with Crippen LogP contribution < -0.4 is 4.90 Å². The van der Waals surface area contributed by atoms with Crippen LogP contribution >= 0.6 is 11.6 Å². The molecule has 154 valence electrons. The molecule has 0 saturated heterocycles. The minimum absolute atomic E-state index is 0.0783. The number of hydrogen-bond donors (Lipinski definition) is 0. The van der Waals surface area contributed by atoms with Crippen molar-refractivity contribution in [3.8, 4) is 0 Å². The van der Waals surface area contributed by atoms with Gasteiger partial charge in [-0.05, 0) is 61.5 Å². The average molecular weight is 434 g/mol. The number of carbonyl (C=O) groups excluding carboxylic acids is 4. The molecule has 0 radical (unpaired) electrons. The highest BCUT2D eigenvalue weighted by Gasteiger charge is 2.37. The summed E-state index contributed by atoms with van der Waals surface area (Å²) in [4.78, 5) is 51.2. The Balaban J connectivity index is 1.50. The number of fused-ring (bicyclic) bond motifs is 1. The zero-order chi connectivity index (χ0) is 22.1. The number of anilines is 1. The molecular formula is C24H16ClNO5. The number of rotatable bonds is 5. The van der Waals surface area contributed by atoms with Crippen LogP contribution in [0.25, 0.3) is 0 Å². The molecule has 0 N–H and O–H groups in total. The molecule has 0 bridgehead atoms. The first-order valence-electron chi connectivity index (χ1n) is 9.40. The number of imide groups is 1. The summed E-state index contributed by atoms with van der Waals surface area (Å²) in [6, 6.07) is 17.3. The Bertz CT molecular complexity index is 1220. The van der Waals surface area contributed by atoms with Crippen LogP contribution in [-0.2, 0) is 4.74 Å². The summed E-state index contributed by atoms with van der Waals surface area (Å²) in [5.41, 5.74) is 2.21. The van der Waals surface area contributed by atoms with Crippen molar-refractivity contribution in [2.75, 3.05) is 11.5 Å². The van der Waals surface area contributed by atoms with E-state index in [-0.39, 0.29) is 22.5 Å². The minimum Gasteiger partial charge on any atom is -0.454 e. The predicted octanol–water partition coefficient (Wildman–Crippen LogP) is 4.49. The summed E-state index contributed by atoms with van der Waals surface area (Å²) in [5, 5.41) is 0.491. The number of amides is 2. The fourth-order valence-corrected chi connectivity index (χ4v) is 3.36. The molecule has 7 heteroatoms. The van der Waals surface area contributed by atoms with Gasteiger partial charge in [0.05, 0.1) is 22.4 Å². The maximum Gasteiger partial charge on any atom is 0.338 e. The Labute approximate surface area is 183 Å². The highest BCUT2D eigenvalue weighted by atomic mass is 35.5. The lowest BCUT2D eigenvalue weighted by Crippen LogP contribution is -2.29. The predicted molar refractivity (Wildman–Crippen MR) is 115 cm³/mol. The van der Waals surface area contributed by atoms with Crippen molar-refractivity contribution >= 4 is 40.9 Å². The maximum atomic E-state index is 12.8. The van der Waals surface area contributed by atoms with E-state index in [1.165, 1.54) is 30.3 Å². The number of carbonyl (C=O) groups is 4. The Morgan fingerprint density at radius 2 is 1.45 bits per heavy atom. The molecule has 0 atom stereocenters. The van der Waals surface area contributed by atoms with Crippen LogP contribution in [-0.4, -0.2) is 30.2 Å². The van der Waals surface area contributed by atoms with Gasteiger partial charge in [-0.3, -0.25) is 14.4 Å². The fourth-order valence-electron chi connectivity index (χ4n) is 3.23. The van der Waals surface area contributed by atoms with Gasteiger partial charge in [-0.15, -0.1) is 0 Å². The number of halogens is 1. The first kappa shape index (κ1) is 20.5. The van der Waals surface area contributed by atoms with Gasteiger partial charge in [-0.1, -0.05) is 29.3 Å². The summed E-state index contributed by atoms with van der Waals surface area (Å²) in [7, 11) is 0. The smallest absolute Gasteiger partial charge is 0.338 e. The van der Waals surface area contributed by atoms with E-state index in [1.807, 2.05) is 6.92 Å². The number of Topliss-reactive ketones (excluding diaryl/α,β-unsaturated/α-hetero) is 1. The van der Waals surface area contributed by atoms with Crippen LogP contribution in [0, 0.1) is 6.92 Å². The van der Waals surface area contributed by atoms with Crippen molar-refractivity contribution in [3.63, 3.8) is 0 Å². The van der Waals surface area contributed by atoms with Crippen molar-refractivity contribution in [2.45, 2.75) is 6.92 Å². The summed E-state index contributed by atoms with van der Waals surface area (Å²) in [5.74, 6) is -2.13. The minimum atomic E-state index is -0.765. The third-order valence-corrected chi connectivity index (χ3v) is 5.17. The van der Waals surface area contributed by atoms with E-state index in [1.54, 1.807) is 36.4 Å². The largest absolute Gasteiger partial charge is 0.454 e. The molecule has 0 aliphatic carbocycles. The normalized spacial score (nSPS) is 12.6. The van der Waals surface area contributed by atoms with Crippen molar-refractivity contribution < 1.29 is 23.9 Å². The third kappa shape index (κ3) is 3.98. The molecule has 1 aliphatic heterocycles. The van der Waals surface area contributed by atoms with Gasteiger partial charge >= 0.3 is 5.97 Å². The number of esters is 1. The van der Waals surface area contributed by atoms with Crippen molar-refractivity contribution in [1.82, 2.24) is 0 Å². The quantitative estimate of drug-likeness (QED) is 0.336. The van der Waals surface area contributed by atoms with Crippen molar-refractivity contribution in [1.29, 1.82) is 0 Å². The van der Waals surface area contributed by atoms with Gasteiger partial charge in [-0.25, -0.2) is 9.69 Å². The maximum absolute atomic E-state index is 12.8. The lowest BCUT2D eigenvalue weighted by molar-refractivity contribution is 0.0474. The van der Waals surface area contributed by atoms with Gasteiger partial charge in [0.25, 0.3) is 11.8 Å². The van der Waals surface area contributed by atoms with Crippen molar-refractivity contribution in [2.24, 2.45) is 0 Å². The number of ether oxygens (including phenoxy) is 1. The second kappa shape index (κ2) is 8.16. The molecular weight excluding hydrogens is 418 g/mol. The first-order chi connectivity index (χ1) is 14.8. The van der Waals surface area contributed by atoms with Crippen LogP contribution in [0.1, 0.15) is 47.0 Å². The van der Waals surface area contributed by atoms with Crippen LogP contribution in [0.3, 0.4) is 0 Å². The zero-order valence-corrected chi connectivity index (χ0v) is 17.2. The summed E-state index contributed by atoms with van der Waals surface area (Å²) in [6.45, 7) is 1.45. The van der Waals surface area contributed by atoms with Gasteiger partial charge in [-0.2, -0.15) is 0 Å². The number of nitrogens with zero attached hydrogens (tertiary/aromatic N) is 1. The van der Waals surface area contributed by atoms with E-state index in [0.717, 1.165) is 10.5 Å². The summed E-state index contributed by atoms with van der Waals surface area (Å²) < 4.78 is 5.09. The lowest BCUT2D eigenvalue weighted by atomic mass is 10.1. The lowest BCUT2D eigenvalue weighted by Gasteiger charge is -2.13. The highest BCUT2D eigenvalue weighted by molar-refractivity contribution is 6.34. The Morgan fingerprint density at radius 1 is 0.839 bits per heavy atom. The van der Waals surface area contributed by atoms with Gasteiger partial charge in [0.1, 0.15) is 0 Å². The van der Waals surface area contributed by atoms with Crippen LogP contribution in [0.4, 0.5) is 5.69 Å². The number of aryl methyl sites for hydroxylation is 1. The van der Waals surface area contributed by atoms with E-state index in [0.29, 0.717) is 16.3 Å². The molecule has 1 heterocycles. The van der Waals surface area contributed by atoms with Gasteiger partial charge in [0, 0.05) is 10.6 Å². The Kier molecular flexibility index (Phi) is 5.40. The molecule has 4 rings (SSSR count). The van der Waals surface area contributed by atoms with Crippen LogP contribution in [0.2, 0.25) is 5.02 Å². The molecule has 3 aromatic rings. The molecule has 31 heavy (non-hydrogen) atoms. The van der Waals surface area contributed by atoms with E-state index in [9.17, 15) is 19.2 Å². The molecule has 0 saturated carbocycles. The van der Waals surface area contributed by atoms with E-state index >= 15 is 0 Å². The second-order valence-corrected chi connectivity index (χ2v) is 7.48. The molecule has 2 amide bonds. The van der Waals surface area contributed by atoms with Gasteiger partial charge < -0.3 is 4.74 Å². The first-order valence-corrected chi connectivity index (χ1v) is 9.78. The molecule has 0 unspecified atom stereocenters. The highest BCUT2D eigenvalue weighted by Crippen LogP contribution is 2.29. The van der Waals surface area contributed by atoms with Gasteiger partial charge in [0.2, 0.25) is 0 Å². The van der Waals surface area contributed by atoms with E-state index < -0.39 is 24.4 Å². The van der Waals surface area contributed by atoms with Crippen molar-refractivity contribution in [3.05, 3.63) is 99.6 Å². The second-order valence-electron chi connectivity index (χ2n) is 7.05. The molecule has 0 aromatic heterocycles. The molecule has 0 spiro atoms. The number of benzene rings is 3. The van der Waals surface area contributed by atoms with Crippen LogP contribution in [0.15, 0.2) is 66.7 Å². The molecule has 1 aliphatic rings. The molecule has 3 aromatic carbocycles. The van der Waals surface area contributed by atoms with Gasteiger partial charge in [0.15, 0.2) is 12.4 Å². The third-order valence-electron chi connectivity index (χ3n) is 4.91. The van der Waals surface area contributed by atoms with E-state index in [4.69, 9.17) is 16.3 Å². The standard InChI is InChI=1S/C24H16ClNO5/c1-14-2-9-18(10-3-14)26-22(28)19-11-6-16(12-20(19)23(26)29)24(30)31-13-21(27)15-4-7-17(25)8-5-15/h2-12H,13H2,1H3. The monoisotopic (exact) mass is 433 g/mol. The fraction of sp³-hybridized carbons (Fsp3) is 0.0833. The summed E-state index contributed by atoms with van der Waals surface area (Å²) in [6.07, 6.45) is 0. The Morgan fingerprint density at radius 3 is 2.13 bits per heavy atom. The SMILES string of the molecule is Cc1ccc(N2C(=O)c3ccc(C(=O)OCC(=O)c4ccc(Cl)cc4)cc3C2=O)cc1. The topological polar surface area (TPSA) is 80.8 Å². The average Bonchev–Trinajstić information content (AvgIpc) is 3.02. The number of ketones is 1. The Hall–Kier alpha value is -3.77. The van der Waals surface area contributed by atoms with Crippen LogP contribution in [0.5, 0.6) is 0 Å².